The Labute approximate surface area is 103 Å². The fraction of sp³-hybridized carbons (Fsp3) is 0.286. The van der Waals surface area contributed by atoms with Crippen molar-refractivity contribution in [3.8, 4) is 5.75 Å². The van der Waals surface area contributed by atoms with Crippen LogP contribution in [0, 0.1) is 0 Å². The van der Waals surface area contributed by atoms with E-state index in [1.54, 1.807) is 0 Å². The first-order valence-corrected chi connectivity index (χ1v) is 6.00. The van der Waals surface area contributed by atoms with Crippen molar-refractivity contribution in [2.45, 2.75) is 19.6 Å². The number of benzene rings is 1. The molecular formula is C14H18OS. The first-order valence-electron chi connectivity index (χ1n) is 5.37. The van der Waals surface area contributed by atoms with E-state index in [-0.39, 0.29) is 0 Å². The molecule has 0 spiro atoms. The smallest absolute Gasteiger partial charge is 0.119 e. The van der Waals surface area contributed by atoms with Gasteiger partial charge in [-0.1, -0.05) is 30.4 Å². The van der Waals surface area contributed by atoms with Gasteiger partial charge in [-0.25, -0.2) is 0 Å². The Morgan fingerprint density at radius 2 is 2.00 bits per heavy atom. The molecule has 0 bridgehead atoms. The van der Waals surface area contributed by atoms with Gasteiger partial charge < -0.3 is 4.74 Å². The Balaban J connectivity index is 2.48. The Kier molecular flexibility index (Phi) is 5.79. The molecule has 1 nitrogen and oxygen atoms in total. The van der Waals surface area contributed by atoms with Crippen LogP contribution in [0.25, 0.3) is 0 Å². The number of hydrogen-bond acceptors (Lipinski definition) is 2. The average molecular weight is 234 g/mol. The van der Waals surface area contributed by atoms with Crippen LogP contribution < -0.4 is 4.74 Å². The van der Waals surface area contributed by atoms with Crippen molar-refractivity contribution in [1.82, 2.24) is 0 Å². The van der Waals surface area contributed by atoms with Crippen LogP contribution in [0.3, 0.4) is 0 Å². The molecule has 0 aromatic heterocycles. The Morgan fingerprint density at radius 1 is 1.31 bits per heavy atom. The number of thiol groups is 1. The number of hydrogen-bond donors (Lipinski definition) is 1. The van der Waals surface area contributed by atoms with Crippen LogP contribution in [-0.4, -0.2) is 6.61 Å². The monoisotopic (exact) mass is 234 g/mol. The highest BCUT2D eigenvalue weighted by Gasteiger charge is 1.94. The van der Waals surface area contributed by atoms with Crippen molar-refractivity contribution in [3.05, 3.63) is 53.6 Å². The van der Waals surface area contributed by atoms with Crippen molar-refractivity contribution in [3.63, 3.8) is 0 Å². The van der Waals surface area contributed by atoms with Gasteiger partial charge in [-0.15, -0.1) is 0 Å². The Morgan fingerprint density at radius 3 is 2.56 bits per heavy atom. The van der Waals surface area contributed by atoms with E-state index in [4.69, 9.17) is 4.74 Å². The van der Waals surface area contributed by atoms with Gasteiger partial charge in [-0.05, 0) is 37.1 Å². The second-order valence-electron chi connectivity index (χ2n) is 3.63. The summed E-state index contributed by atoms with van der Waals surface area (Å²) >= 11 is 4.21. The molecule has 0 fully saturated rings. The fourth-order valence-electron chi connectivity index (χ4n) is 1.20. The minimum absolute atomic E-state index is 0.630. The lowest BCUT2D eigenvalue weighted by atomic mass is 10.2. The highest BCUT2D eigenvalue weighted by atomic mass is 32.1. The molecule has 0 saturated carbocycles. The molecule has 0 atom stereocenters. The second-order valence-corrected chi connectivity index (χ2v) is 3.95. The van der Waals surface area contributed by atoms with Gasteiger partial charge in [0.25, 0.3) is 0 Å². The van der Waals surface area contributed by atoms with Crippen LogP contribution >= 0.6 is 12.6 Å². The average Bonchev–Trinajstić information content (AvgIpc) is 2.34. The molecule has 0 aliphatic rings. The summed E-state index contributed by atoms with van der Waals surface area (Å²) in [5.74, 6) is 1.67. The molecule has 0 aliphatic heterocycles. The third-order valence-corrected chi connectivity index (χ3v) is 2.51. The van der Waals surface area contributed by atoms with Gasteiger partial charge in [-0.3, -0.25) is 0 Å². The van der Waals surface area contributed by atoms with Gasteiger partial charge in [0.15, 0.2) is 0 Å². The number of ether oxygens (including phenoxy) is 1. The molecule has 0 heterocycles. The summed E-state index contributed by atoms with van der Waals surface area (Å²) in [6.07, 6.45) is 6.08. The van der Waals surface area contributed by atoms with Gasteiger partial charge in [0.2, 0.25) is 0 Å². The first-order chi connectivity index (χ1) is 7.76. The van der Waals surface area contributed by atoms with E-state index >= 15 is 0 Å². The fourth-order valence-corrected chi connectivity index (χ4v) is 1.41. The molecule has 1 rings (SSSR count). The molecule has 0 saturated heterocycles. The highest BCUT2D eigenvalue weighted by Crippen LogP contribution is 2.14. The van der Waals surface area contributed by atoms with Crippen LogP contribution in [-0.2, 0) is 5.75 Å². The van der Waals surface area contributed by atoms with Crippen LogP contribution in [0.5, 0.6) is 5.75 Å². The topological polar surface area (TPSA) is 9.23 Å². The van der Waals surface area contributed by atoms with Gasteiger partial charge in [0.05, 0.1) is 0 Å². The van der Waals surface area contributed by atoms with Crippen molar-refractivity contribution < 1.29 is 4.74 Å². The van der Waals surface area contributed by atoms with E-state index in [0.29, 0.717) is 6.61 Å². The summed E-state index contributed by atoms with van der Waals surface area (Å²) in [7, 11) is 0. The molecule has 0 unspecified atom stereocenters. The maximum absolute atomic E-state index is 5.64. The summed E-state index contributed by atoms with van der Waals surface area (Å²) in [6.45, 7) is 4.69. The third-order valence-electron chi connectivity index (χ3n) is 2.15. The lowest BCUT2D eigenvalue weighted by Crippen LogP contribution is -1.98. The highest BCUT2D eigenvalue weighted by molar-refractivity contribution is 7.79. The van der Waals surface area contributed by atoms with Crippen LogP contribution in [0.4, 0.5) is 0 Å². The molecule has 0 aliphatic carbocycles. The second kappa shape index (κ2) is 7.18. The minimum atomic E-state index is 0.630. The molecule has 2 heteroatoms. The molecule has 16 heavy (non-hydrogen) atoms. The zero-order chi connectivity index (χ0) is 11.8. The largest absolute Gasteiger partial charge is 0.489 e. The molecule has 0 amide bonds. The predicted octanol–water partition coefficient (Wildman–Crippen LogP) is 4.02. The summed E-state index contributed by atoms with van der Waals surface area (Å²) < 4.78 is 5.64. The van der Waals surface area contributed by atoms with Crippen LogP contribution in [0.2, 0.25) is 0 Å². The standard InChI is InChI=1S/C14H18OS/c1-3-4-5-12(2)10-15-14-8-6-13(11-16)7-9-14/h3-9,16H,10-11H2,1-2H3/b4-3-,12-5+. The molecule has 1 aromatic carbocycles. The maximum Gasteiger partial charge on any atom is 0.119 e. The number of rotatable bonds is 5. The van der Waals surface area contributed by atoms with E-state index < -0.39 is 0 Å². The van der Waals surface area contributed by atoms with Gasteiger partial charge in [0.1, 0.15) is 12.4 Å². The predicted molar refractivity (Wildman–Crippen MR) is 73.2 cm³/mol. The lowest BCUT2D eigenvalue weighted by molar-refractivity contribution is 0.352. The van der Waals surface area contributed by atoms with Crippen LogP contribution in [0.1, 0.15) is 19.4 Å². The minimum Gasteiger partial charge on any atom is -0.489 e. The molecule has 86 valence electrons. The lowest BCUT2D eigenvalue weighted by Gasteiger charge is -2.06. The van der Waals surface area contributed by atoms with Gasteiger partial charge in [0, 0.05) is 5.75 Å². The van der Waals surface area contributed by atoms with E-state index in [1.165, 1.54) is 11.1 Å². The SMILES string of the molecule is C/C=C\C=C(/C)COc1ccc(CS)cc1. The zero-order valence-corrected chi connectivity index (χ0v) is 10.7. The molecule has 0 radical (unpaired) electrons. The normalized spacial score (nSPS) is 12.1. The zero-order valence-electron chi connectivity index (χ0n) is 9.81. The van der Waals surface area contributed by atoms with Crippen molar-refractivity contribution >= 4 is 12.6 Å². The molecular weight excluding hydrogens is 216 g/mol. The van der Waals surface area contributed by atoms with E-state index in [2.05, 4.69) is 25.6 Å². The van der Waals surface area contributed by atoms with Crippen LogP contribution in [0.15, 0.2) is 48.1 Å². The van der Waals surface area contributed by atoms with Crippen molar-refractivity contribution in [1.29, 1.82) is 0 Å². The number of allylic oxidation sites excluding steroid dienone is 3. The van der Waals surface area contributed by atoms with Crippen molar-refractivity contribution in [2.24, 2.45) is 0 Å². The van der Waals surface area contributed by atoms with E-state index in [1.807, 2.05) is 43.3 Å². The molecule has 0 N–H and O–H groups in total. The van der Waals surface area contributed by atoms with E-state index in [0.717, 1.165) is 11.5 Å². The summed E-state index contributed by atoms with van der Waals surface area (Å²) in [4.78, 5) is 0. The Hall–Kier alpha value is -1.15. The summed E-state index contributed by atoms with van der Waals surface area (Å²) in [5, 5.41) is 0. The maximum atomic E-state index is 5.64. The quantitative estimate of drug-likeness (QED) is 0.598. The van der Waals surface area contributed by atoms with E-state index in [9.17, 15) is 0 Å². The first kappa shape index (κ1) is 12.9. The Bertz CT molecular complexity index is 363. The van der Waals surface area contributed by atoms with Crippen molar-refractivity contribution in [2.75, 3.05) is 6.61 Å². The third kappa shape index (κ3) is 4.58. The summed E-state index contributed by atoms with van der Waals surface area (Å²) in [5.41, 5.74) is 2.41. The van der Waals surface area contributed by atoms with Gasteiger partial charge >= 0.3 is 0 Å². The molecule has 1 aromatic rings. The van der Waals surface area contributed by atoms with Gasteiger partial charge in [-0.2, -0.15) is 12.6 Å². The summed E-state index contributed by atoms with van der Waals surface area (Å²) in [6, 6.07) is 8.03.